The summed E-state index contributed by atoms with van der Waals surface area (Å²) < 4.78 is 5.56. The molecule has 0 aliphatic heterocycles. The van der Waals surface area contributed by atoms with Crippen LogP contribution in [0.15, 0.2) is 30.3 Å². The zero-order valence-electron chi connectivity index (χ0n) is 13.8. The molecule has 1 aliphatic rings. The molecule has 2 heteroatoms. The summed E-state index contributed by atoms with van der Waals surface area (Å²) in [7, 11) is 0. The normalized spacial score (nSPS) is 19.5. The zero-order valence-corrected chi connectivity index (χ0v) is 13.8. The summed E-state index contributed by atoms with van der Waals surface area (Å²) in [5.41, 5.74) is 0. The smallest absolute Gasteiger partial charge is 0.314 e. The van der Waals surface area contributed by atoms with Crippen molar-refractivity contribution in [3.63, 3.8) is 0 Å². The van der Waals surface area contributed by atoms with Crippen molar-refractivity contribution < 1.29 is 9.53 Å². The second-order valence-corrected chi connectivity index (χ2v) is 6.54. The van der Waals surface area contributed by atoms with E-state index in [2.05, 4.69) is 0 Å². The van der Waals surface area contributed by atoms with Gasteiger partial charge in [-0.3, -0.25) is 4.79 Å². The second-order valence-electron chi connectivity index (χ2n) is 6.54. The lowest BCUT2D eigenvalue weighted by molar-refractivity contribution is -0.139. The van der Waals surface area contributed by atoms with Crippen LogP contribution in [0, 0.1) is 5.92 Å². The molecule has 0 radical (unpaired) electrons. The first kappa shape index (κ1) is 17.1. The highest BCUT2D eigenvalue weighted by atomic mass is 16.5. The molecule has 0 heterocycles. The summed E-state index contributed by atoms with van der Waals surface area (Å²) in [5, 5.41) is 0. The Hall–Kier alpha value is -1.31. The Bertz CT molecular complexity index is 399. The van der Waals surface area contributed by atoms with Crippen molar-refractivity contribution in [3.05, 3.63) is 30.3 Å². The fourth-order valence-corrected chi connectivity index (χ4v) is 3.26. The molecule has 0 N–H and O–H groups in total. The van der Waals surface area contributed by atoms with E-state index in [0.29, 0.717) is 5.75 Å². The van der Waals surface area contributed by atoms with Crippen molar-refractivity contribution in [2.75, 3.05) is 0 Å². The molecule has 1 aromatic carbocycles. The van der Waals surface area contributed by atoms with Gasteiger partial charge in [0.2, 0.25) is 0 Å². The number of esters is 1. The molecule has 1 saturated carbocycles. The lowest BCUT2D eigenvalue weighted by Gasteiger charge is -2.15. The Morgan fingerprint density at radius 1 is 0.727 bits per heavy atom. The van der Waals surface area contributed by atoms with E-state index in [1.54, 1.807) is 0 Å². The van der Waals surface area contributed by atoms with E-state index >= 15 is 0 Å². The van der Waals surface area contributed by atoms with Crippen LogP contribution in [0.4, 0.5) is 0 Å². The van der Waals surface area contributed by atoms with Crippen LogP contribution in [0.2, 0.25) is 0 Å². The van der Waals surface area contributed by atoms with E-state index in [1.807, 2.05) is 30.3 Å². The largest absolute Gasteiger partial charge is 0.426 e. The predicted octanol–water partition coefficient (Wildman–Crippen LogP) is 5.90. The monoisotopic (exact) mass is 302 g/mol. The van der Waals surface area contributed by atoms with Crippen LogP contribution in [0.5, 0.6) is 5.75 Å². The third kappa shape index (κ3) is 6.64. The second kappa shape index (κ2) is 10.4. The molecule has 1 aliphatic carbocycles. The van der Waals surface area contributed by atoms with Crippen LogP contribution in [-0.4, -0.2) is 5.97 Å². The van der Waals surface area contributed by atoms with Gasteiger partial charge in [-0.25, -0.2) is 0 Å². The van der Waals surface area contributed by atoms with Gasteiger partial charge in [0.1, 0.15) is 5.75 Å². The third-order valence-electron chi connectivity index (χ3n) is 4.65. The number of para-hydroxylation sites is 1. The highest BCUT2D eigenvalue weighted by Crippen LogP contribution is 2.23. The van der Waals surface area contributed by atoms with Gasteiger partial charge in [0.25, 0.3) is 0 Å². The van der Waals surface area contributed by atoms with Crippen LogP contribution in [0.1, 0.15) is 77.0 Å². The first-order valence-corrected chi connectivity index (χ1v) is 9.13. The molecule has 22 heavy (non-hydrogen) atoms. The molecule has 1 aromatic rings. The van der Waals surface area contributed by atoms with E-state index in [9.17, 15) is 4.79 Å². The number of hydrogen-bond donors (Lipinski definition) is 0. The number of benzene rings is 1. The van der Waals surface area contributed by atoms with Gasteiger partial charge < -0.3 is 4.74 Å². The van der Waals surface area contributed by atoms with Gasteiger partial charge in [-0.2, -0.15) is 0 Å². The van der Waals surface area contributed by atoms with Crippen LogP contribution >= 0.6 is 0 Å². The Kier molecular flexibility index (Phi) is 8.08. The summed E-state index contributed by atoms with van der Waals surface area (Å²) in [4.78, 5) is 12.4. The summed E-state index contributed by atoms with van der Waals surface area (Å²) in [6.45, 7) is 0. The van der Waals surface area contributed by atoms with Gasteiger partial charge in [0.05, 0.1) is 5.92 Å². The minimum atomic E-state index is -0.0268. The fourth-order valence-electron chi connectivity index (χ4n) is 3.26. The molecule has 0 spiro atoms. The van der Waals surface area contributed by atoms with Crippen molar-refractivity contribution in [2.45, 2.75) is 77.0 Å². The van der Waals surface area contributed by atoms with Crippen molar-refractivity contribution >= 4 is 5.97 Å². The van der Waals surface area contributed by atoms with Crippen LogP contribution in [-0.2, 0) is 4.79 Å². The van der Waals surface area contributed by atoms with Gasteiger partial charge in [-0.15, -0.1) is 0 Å². The lowest BCUT2D eigenvalue weighted by atomic mass is 9.95. The molecule has 122 valence electrons. The van der Waals surface area contributed by atoms with E-state index < -0.39 is 0 Å². The number of carbonyl (C=O) groups excluding carboxylic acids is 1. The van der Waals surface area contributed by atoms with Crippen LogP contribution in [0.3, 0.4) is 0 Å². The molecule has 0 bridgehead atoms. The topological polar surface area (TPSA) is 26.3 Å². The van der Waals surface area contributed by atoms with Crippen molar-refractivity contribution in [2.24, 2.45) is 5.92 Å². The molecule has 0 unspecified atom stereocenters. The number of rotatable bonds is 2. The van der Waals surface area contributed by atoms with Gasteiger partial charge >= 0.3 is 5.97 Å². The average molecular weight is 302 g/mol. The van der Waals surface area contributed by atoms with Crippen molar-refractivity contribution in [1.29, 1.82) is 0 Å². The lowest BCUT2D eigenvalue weighted by Crippen LogP contribution is -2.20. The molecule has 0 aromatic heterocycles. The highest BCUT2D eigenvalue weighted by molar-refractivity contribution is 5.75. The SMILES string of the molecule is O=C(Oc1ccccc1)C1CCCCCCCCCCCC1. The Labute approximate surface area is 135 Å². The Morgan fingerprint density at radius 2 is 1.18 bits per heavy atom. The molecular weight excluding hydrogens is 272 g/mol. The maximum atomic E-state index is 12.4. The van der Waals surface area contributed by atoms with E-state index in [4.69, 9.17) is 4.74 Å². The molecule has 2 nitrogen and oxygen atoms in total. The maximum Gasteiger partial charge on any atom is 0.314 e. The summed E-state index contributed by atoms with van der Waals surface area (Å²) in [6.07, 6.45) is 15.0. The van der Waals surface area contributed by atoms with Crippen molar-refractivity contribution in [3.8, 4) is 5.75 Å². The summed E-state index contributed by atoms with van der Waals surface area (Å²) in [5.74, 6) is 0.734. The van der Waals surface area contributed by atoms with Gasteiger partial charge in [-0.1, -0.05) is 82.4 Å². The molecule has 2 rings (SSSR count). The molecule has 0 amide bonds. The Morgan fingerprint density at radius 3 is 1.68 bits per heavy atom. The Balaban J connectivity index is 1.85. The first-order valence-electron chi connectivity index (χ1n) is 9.13. The van der Waals surface area contributed by atoms with E-state index in [-0.39, 0.29) is 11.9 Å². The summed E-state index contributed by atoms with van der Waals surface area (Å²) >= 11 is 0. The standard InChI is InChI=1S/C20H30O2/c21-20(22-19-16-12-9-13-17-19)18-14-10-7-5-3-1-2-4-6-8-11-15-18/h9,12-13,16-18H,1-8,10-11,14-15H2. The van der Waals surface area contributed by atoms with Crippen LogP contribution in [0.25, 0.3) is 0 Å². The fraction of sp³-hybridized carbons (Fsp3) is 0.650. The molecule has 0 atom stereocenters. The molecule has 0 saturated heterocycles. The zero-order chi connectivity index (χ0) is 15.5. The minimum Gasteiger partial charge on any atom is -0.426 e. The van der Waals surface area contributed by atoms with Gasteiger partial charge in [0.15, 0.2) is 0 Å². The minimum absolute atomic E-state index is 0.0268. The first-order chi connectivity index (χ1) is 10.9. The predicted molar refractivity (Wildman–Crippen MR) is 91.0 cm³/mol. The van der Waals surface area contributed by atoms with Gasteiger partial charge in [0, 0.05) is 0 Å². The molecular formula is C20H30O2. The van der Waals surface area contributed by atoms with Gasteiger partial charge in [-0.05, 0) is 25.0 Å². The third-order valence-corrected chi connectivity index (χ3v) is 4.65. The maximum absolute atomic E-state index is 12.4. The summed E-state index contributed by atoms with van der Waals surface area (Å²) in [6, 6.07) is 9.48. The number of ether oxygens (including phenoxy) is 1. The number of carbonyl (C=O) groups is 1. The quantitative estimate of drug-likeness (QED) is 0.502. The molecule has 1 fully saturated rings. The van der Waals surface area contributed by atoms with E-state index in [1.165, 1.54) is 51.4 Å². The van der Waals surface area contributed by atoms with E-state index in [0.717, 1.165) is 25.7 Å². The van der Waals surface area contributed by atoms with Crippen molar-refractivity contribution in [1.82, 2.24) is 0 Å². The average Bonchev–Trinajstić information content (AvgIpc) is 2.56. The highest BCUT2D eigenvalue weighted by Gasteiger charge is 2.20. The number of hydrogen-bond acceptors (Lipinski definition) is 2. The van der Waals surface area contributed by atoms with Crippen LogP contribution < -0.4 is 4.74 Å².